The fourth-order valence-electron chi connectivity index (χ4n) is 2.24. The standard InChI is InChI=1S/C18H16O4/c1-11-9-12(2)17(20)15(10-11)16(19)8-7-13-5-3-4-6-14(13)18(21)22/h3-10,20H,1-2H3,(H,21,22)/b8-7+. The summed E-state index contributed by atoms with van der Waals surface area (Å²) >= 11 is 0. The molecule has 4 nitrogen and oxygen atoms in total. The molecule has 0 aliphatic heterocycles. The number of aromatic carboxylic acids is 1. The second kappa shape index (κ2) is 6.26. The molecule has 0 fully saturated rings. The van der Waals surface area contributed by atoms with Crippen LogP contribution in [0.15, 0.2) is 42.5 Å². The lowest BCUT2D eigenvalue weighted by atomic mass is 10.0. The molecule has 0 spiro atoms. The lowest BCUT2D eigenvalue weighted by Gasteiger charge is -2.06. The molecule has 0 saturated heterocycles. The Hall–Kier alpha value is -2.88. The molecule has 0 radical (unpaired) electrons. The summed E-state index contributed by atoms with van der Waals surface area (Å²) in [6.45, 7) is 3.56. The van der Waals surface area contributed by atoms with E-state index in [0.29, 0.717) is 11.1 Å². The number of benzene rings is 2. The molecule has 0 unspecified atom stereocenters. The Morgan fingerprint density at radius 2 is 1.73 bits per heavy atom. The Morgan fingerprint density at radius 3 is 2.41 bits per heavy atom. The van der Waals surface area contributed by atoms with E-state index >= 15 is 0 Å². The molecule has 0 atom stereocenters. The Labute approximate surface area is 128 Å². The number of hydrogen-bond donors (Lipinski definition) is 2. The lowest BCUT2D eigenvalue weighted by Crippen LogP contribution is -2.00. The van der Waals surface area contributed by atoms with Crippen molar-refractivity contribution in [2.75, 3.05) is 0 Å². The molecule has 2 N–H and O–H groups in total. The summed E-state index contributed by atoms with van der Waals surface area (Å²) < 4.78 is 0. The highest BCUT2D eigenvalue weighted by molar-refractivity contribution is 6.09. The maximum absolute atomic E-state index is 12.2. The number of carbonyl (C=O) groups excluding carboxylic acids is 1. The van der Waals surface area contributed by atoms with Crippen LogP contribution in [0.5, 0.6) is 5.75 Å². The molecule has 0 aliphatic rings. The molecule has 0 aromatic heterocycles. The molecular weight excluding hydrogens is 280 g/mol. The summed E-state index contributed by atoms with van der Waals surface area (Å²) in [5, 5.41) is 19.1. The van der Waals surface area contributed by atoms with Gasteiger partial charge in [-0.2, -0.15) is 0 Å². The van der Waals surface area contributed by atoms with Gasteiger partial charge in [0, 0.05) is 0 Å². The molecule has 2 rings (SSSR count). The lowest BCUT2D eigenvalue weighted by molar-refractivity contribution is 0.0696. The number of aryl methyl sites for hydroxylation is 2. The first-order valence-electron chi connectivity index (χ1n) is 6.75. The van der Waals surface area contributed by atoms with Gasteiger partial charge < -0.3 is 10.2 Å². The summed E-state index contributed by atoms with van der Waals surface area (Å²) in [7, 11) is 0. The average molecular weight is 296 g/mol. The molecule has 0 saturated carbocycles. The van der Waals surface area contributed by atoms with Crippen LogP contribution in [0.25, 0.3) is 6.08 Å². The van der Waals surface area contributed by atoms with Crippen LogP contribution in [0, 0.1) is 13.8 Å². The van der Waals surface area contributed by atoms with Gasteiger partial charge in [-0.05, 0) is 48.7 Å². The van der Waals surface area contributed by atoms with E-state index in [4.69, 9.17) is 5.11 Å². The van der Waals surface area contributed by atoms with Crippen LogP contribution in [0.2, 0.25) is 0 Å². The van der Waals surface area contributed by atoms with E-state index in [-0.39, 0.29) is 22.7 Å². The van der Waals surface area contributed by atoms with Crippen molar-refractivity contribution in [2.24, 2.45) is 0 Å². The summed E-state index contributed by atoms with van der Waals surface area (Å²) in [6, 6.07) is 9.81. The Morgan fingerprint density at radius 1 is 1.05 bits per heavy atom. The molecule has 0 heterocycles. The highest BCUT2D eigenvalue weighted by Gasteiger charge is 2.12. The van der Waals surface area contributed by atoms with E-state index in [1.165, 1.54) is 18.2 Å². The first kappa shape index (κ1) is 15.5. The second-order valence-corrected chi connectivity index (χ2v) is 5.07. The smallest absolute Gasteiger partial charge is 0.336 e. The molecule has 22 heavy (non-hydrogen) atoms. The van der Waals surface area contributed by atoms with E-state index in [1.54, 1.807) is 37.3 Å². The molecule has 112 valence electrons. The number of carbonyl (C=O) groups is 2. The van der Waals surface area contributed by atoms with Crippen LogP contribution in [0.4, 0.5) is 0 Å². The van der Waals surface area contributed by atoms with Crippen molar-refractivity contribution >= 4 is 17.8 Å². The summed E-state index contributed by atoms with van der Waals surface area (Å²) in [4.78, 5) is 23.4. The van der Waals surface area contributed by atoms with Crippen LogP contribution in [-0.4, -0.2) is 22.0 Å². The maximum Gasteiger partial charge on any atom is 0.336 e. The monoisotopic (exact) mass is 296 g/mol. The number of ketones is 1. The molecule has 0 aliphatic carbocycles. The quantitative estimate of drug-likeness (QED) is 0.667. The fraction of sp³-hybridized carbons (Fsp3) is 0.111. The maximum atomic E-state index is 12.2. The predicted octanol–water partition coefficient (Wildman–Crippen LogP) is 3.60. The van der Waals surface area contributed by atoms with Crippen molar-refractivity contribution in [3.63, 3.8) is 0 Å². The first-order chi connectivity index (χ1) is 10.4. The van der Waals surface area contributed by atoms with Crippen molar-refractivity contribution < 1.29 is 19.8 Å². The van der Waals surface area contributed by atoms with Crippen LogP contribution in [-0.2, 0) is 0 Å². The third kappa shape index (κ3) is 3.23. The Kier molecular flexibility index (Phi) is 4.41. The van der Waals surface area contributed by atoms with Gasteiger partial charge in [0.15, 0.2) is 5.78 Å². The minimum absolute atomic E-state index is 0.0493. The first-order valence-corrected chi connectivity index (χ1v) is 6.75. The predicted molar refractivity (Wildman–Crippen MR) is 84.3 cm³/mol. The normalized spacial score (nSPS) is 10.8. The highest BCUT2D eigenvalue weighted by atomic mass is 16.4. The summed E-state index contributed by atoms with van der Waals surface area (Å²) in [5.41, 5.74) is 2.27. The van der Waals surface area contributed by atoms with Crippen molar-refractivity contribution in [1.82, 2.24) is 0 Å². The number of carboxylic acids is 1. The van der Waals surface area contributed by atoms with Gasteiger partial charge in [0.2, 0.25) is 0 Å². The van der Waals surface area contributed by atoms with E-state index in [9.17, 15) is 14.7 Å². The molecule has 4 heteroatoms. The Balaban J connectivity index is 2.36. The van der Waals surface area contributed by atoms with Gasteiger partial charge in [-0.3, -0.25) is 4.79 Å². The number of rotatable bonds is 4. The average Bonchev–Trinajstić information content (AvgIpc) is 2.48. The topological polar surface area (TPSA) is 74.6 Å². The van der Waals surface area contributed by atoms with Crippen molar-refractivity contribution in [3.8, 4) is 5.75 Å². The zero-order valence-corrected chi connectivity index (χ0v) is 12.3. The Bertz CT molecular complexity index is 773. The summed E-state index contributed by atoms with van der Waals surface area (Å²) in [5.74, 6) is -1.47. The molecule has 0 bridgehead atoms. The fourth-order valence-corrected chi connectivity index (χ4v) is 2.24. The van der Waals surface area contributed by atoms with Gasteiger partial charge in [0.05, 0.1) is 11.1 Å². The minimum Gasteiger partial charge on any atom is -0.507 e. The van der Waals surface area contributed by atoms with Gasteiger partial charge in [0.25, 0.3) is 0 Å². The third-order valence-corrected chi connectivity index (χ3v) is 3.32. The van der Waals surface area contributed by atoms with E-state index in [1.807, 2.05) is 6.92 Å². The highest BCUT2D eigenvalue weighted by Crippen LogP contribution is 2.24. The van der Waals surface area contributed by atoms with Crippen LogP contribution < -0.4 is 0 Å². The van der Waals surface area contributed by atoms with E-state index < -0.39 is 5.97 Å². The van der Waals surface area contributed by atoms with Crippen LogP contribution >= 0.6 is 0 Å². The van der Waals surface area contributed by atoms with E-state index in [0.717, 1.165) is 5.56 Å². The van der Waals surface area contributed by atoms with Gasteiger partial charge in [-0.1, -0.05) is 30.3 Å². The molecule has 2 aromatic carbocycles. The molecule has 0 amide bonds. The van der Waals surface area contributed by atoms with Gasteiger partial charge in [-0.25, -0.2) is 4.79 Å². The van der Waals surface area contributed by atoms with Crippen molar-refractivity contribution in [2.45, 2.75) is 13.8 Å². The van der Waals surface area contributed by atoms with Crippen molar-refractivity contribution in [3.05, 3.63) is 70.3 Å². The SMILES string of the molecule is Cc1cc(C)c(O)c(C(=O)/C=C/c2ccccc2C(=O)O)c1. The number of allylic oxidation sites excluding steroid dienone is 1. The molecule has 2 aromatic rings. The number of aromatic hydroxyl groups is 1. The second-order valence-electron chi connectivity index (χ2n) is 5.07. The number of phenols is 1. The summed E-state index contributed by atoms with van der Waals surface area (Å²) in [6.07, 6.45) is 2.72. The van der Waals surface area contributed by atoms with Gasteiger partial charge in [0.1, 0.15) is 5.75 Å². The zero-order chi connectivity index (χ0) is 16.3. The van der Waals surface area contributed by atoms with Crippen LogP contribution in [0.3, 0.4) is 0 Å². The third-order valence-electron chi connectivity index (χ3n) is 3.32. The molecular formula is C18H16O4. The van der Waals surface area contributed by atoms with Crippen molar-refractivity contribution in [1.29, 1.82) is 0 Å². The van der Waals surface area contributed by atoms with Crippen LogP contribution in [0.1, 0.15) is 37.4 Å². The van der Waals surface area contributed by atoms with Gasteiger partial charge >= 0.3 is 5.97 Å². The number of phenolic OH excluding ortho intramolecular Hbond substituents is 1. The van der Waals surface area contributed by atoms with Gasteiger partial charge in [-0.15, -0.1) is 0 Å². The number of hydrogen-bond acceptors (Lipinski definition) is 3. The minimum atomic E-state index is -1.05. The number of carboxylic acid groups (broad SMARTS) is 1. The largest absolute Gasteiger partial charge is 0.507 e. The zero-order valence-electron chi connectivity index (χ0n) is 12.3. The van der Waals surface area contributed by atoms with E-state index in [2.05, 4.69) is 0 Å².